The number of hydrogen-bond acceptors (Lipinski definition) is 3. The monoisotopic (exact) mass is 166 g/mol. The molecule has 3 rings (SSSR count). The van der Waals surface area contributed by atoms with Crippen LogP contribution in [0.1, 0.15) is 0 Å². The number of hydrogen-bond donors (Lipinski definition) is 0. The van der Waals surface area contributed by atoms with Crippen molar-refractivity contribution in [3.05, 3.63) is 12.7 Å². The maximum atomic E-state index is 11.4. The number of fused-ring (bicyclic) bond motifs is 3. The zero-order valence-corrected chi connectivity index (χ0v) is 7.20. The molecule has 0 aromatic carbocycles. The van der Waals surface area contributed by atoms with Gasteiger partial charge in [0.2, 0.25) is 0 Å². The number of rotatable bonds is 2. The molecule has 3 aliphatic rings. The molecule has 0 amide bonds. The van der Waals surface area contributed by atoms with Crippen molar-refractivity contribution in [3.63, 3.8) is 0 Å². The number of carbonyl (C=O) groups is 1. The van der Waals surface area contributed by atoms with Crippen LogP contribution in [-0.2, 0) is 4.79 Å². The van der Waals surface area contributed by atoms with Crippen molar-refractivity contribution < 1.29 is 4.79 Å². The largest absolute Gasteiger partial charge is 0.299 e. The van der Waals surface area contributed by atoms with E-state index in [1.165, 1.54) is 6.08 Å². The van der Waals surface area contributed by atoms with E-state index in [-0.39, 0.29) is 11.8 Å². The lowest BCUT2D eigenvalue weighted by molar-refractivity contribution is -0.124. The van der Waals surface area contributed by atoms with Crippen LogP contribution in [0.5, 0.6) is 0 Å². The van der Waals surface area contributed by atoms with Gasteiger partial charge in [-0.2, -0.15) is 0 Å². The van der Waals surface area contributed by atoms with Crippen LogP contribution < -0.4 is 0 Å². The summed E-state index contributed by atoms with van der Waals surface area (Å²) in [6.45, 7) is 8.78. The highest BCUT2D eigenvalue weighted by Crippen LogP contribution is 2.16. The average molecular weight is 166 g/mol. The number of nitrogens with zero attached hydrogens (tertiary/aromatic N) is 2. The Morgan fingerprint density at radius 3 is 2.42 bits per heavy atom. The Morgan fingerprint density at radius 1 is 1.33 bits per heavy atom. The molecule has 66 valence electrons. The number of piperazine rings is 3. The average Bonchev–Trinajstić information content (AvgIpc) is 2.18. The van der Waals surface area contributed by atoms with Gasteiger partial charge in [0.05, 0.1) is 6.04 Å². The first-order valence-electron chi connectivity index (χ1n) is 4.44. The molecule has 0 radical (unpaired) electrons. The fraction of sp³-hybridized carbons (Fsp3) is 0.667. The molecule has 0 N–H and O–H groups in total. The first-order valence-corrected chi connectivity index (χ1v) is 4.44. The molecular weight excluding hydrogens is 152 g/mol. The molecule has 3 fully saturated rings. The normalized spacial score (nSPS) is 39.5. The van der Waals surface area contributed by atoms with E-state index in [2.05, 4.69) is 16.4 Å². The highest BCUT2D eigenvalue weighted by molar-refractivity contribution is 5.94. The molecule has 0 aromatic heterocycles. The highest BCUT2D eigenvalue weighted by Gasteiger charge is 2.34. The van der Waals surface area contributed by atoms with E-state index in [1.807, 2.05) is 0 Å². The van der Waals surface area contributed by atoms with E-state index in [4.69, 9.17) is 0 Å². The molecule has 0 saturated carbocycles. The van der Waals surface area contributed by atoms with Crippen LogP contribution in [0, 0.1) is 0 Å². The topological polar surface area (TPSA) is 23.6 Å². The molecule has 1 unspecified atom stereocenters. The minimum Gasteiger partial charge on any atom is -0.299 e. The quantitative estimate of drug-likeness (QED) is 0.528. The summed E-state index contributed by atoms with van der Waals surface area (Å²) in [5, 5.41) is 0. The van der Waals surface area contributed by atoms with E-state index in [9.17, 15) is 4.79 Å². The summed E-state index contributed by atoms with van der Waals surface area (Å²) in [4.78, 5) is 16.0. The summed E-state index contributed by atoms with van der Waals surface area (Å²) >= 11 is 0. The predicted molar refractivity (Wildman–Crippen MR) is 47.0 cm³/mol. The van der Waals surface area contributed by atoms with Crippen molar-refractivity contribution in [2.24, 2.45) is 0 Å². The minimum absolute atomic E-state index is 0.102. The highest BCUT2D eigenvalue weighted by atomic mass is 16.1. The zero-order valence-electron chi connectivity index (χ0n) is 7.20. The maximum absolute atomic E-state index is 11.4. The third kappa shape index (κ3) is 1.19. The molecule has 2 bridgehead atoms. The summed E-state index contributed by atoms with van der Waals surface area (Å²) in [5.41, 5.74) is 0. The number of carbonyl (C=O) groups excluding carboxylic acids is 1. The minimum atomic E-state index is 0.102. The second-order valence-corrected chi connectivity index (χ2v) is 3.46. The number of ketones is 1. The van der Waals surface area contributed by atoms with Crippen LogP contribution >= 0.6 is 0 Å². The molecule has 0 aromatic rings. The van der Waals surface area contributed by atoms with Crippen LogP contribution in [0.15, 0.2) is 12.7 Å². The zero-order chi connectivity index (χ0) is 8.55. The van der Waals surface area contributed by atoms with Gasteiger partial charge in [-0.3, -0.25) is 14.6 Å². The van der Waals surface area contributed by atoms with Gasteiger partial charge in [-0.05, 0) is 6.08 Å². The van der Waals surface area contributed by atoms with Crippen molar-refractivity contribution >= 4 is 5.78 Å². The molecule has 0 spiro atoms. The first kappa shape index (κ1) is 7.95. The van der Waals surface area contributed by atoms with Crippen molar-refractivity contribution in [3.8, 4) is 0 Å². The van der Waals surface area contributed by atoms with Crippen LogP contribution in [0.2, 0.25) is 0 Å². The lowest BCUT2D eigenvalue weighted by Gasteiger charge is -2.46. The maximum Gasteiger partial charge on any atom is 0.173 e. The Balaban J connectivity index is 2.08. The smallest absolute Gasteiger partial charge is 0.173 e. The van der Waals surface area contributed by atoms with Gasteiger partial charge in [-0.25, -0.2) is 0 Å². The van der Waals surface area contributed by atoms with Crippen molar-refractivity contribution in [1.82, 2.24) is 9.80 Å². The van der Waals surface area contributed by atoms with E-state index in [0.29, 0.717) is 0 Å². The van der Waals surface area contributed by atoms with Crippen molar-refractivity contribution in [2.45, 2.75) is 6.04 Å². The molecule has 3 nitrogen and oxygen atoms in total. The third-order valence-electron chi connectivity index (χ3n) is 2.81. The van der Waals surface area contributed by atoms with Crippen LogP contribution in [0.25, 0.3) is 0 Å². The summed E-state index contributed by atoms with van der Waals surface area (Å²) in [6, 6.07) is 0.102. The van der Waals surface area contributed by atoms with Crippen LogP contribution in [0.3, 0.4) is 0 Å². The third-order valence-corrected chi connectivity index (χ3v) is 2.81. The molecule has 12 heavy (non-hydrogen) atoms. The fourth-order valence-electron chi connectivity index (χ4n) is 2.02. The SMILES string of the molecule is C=CC(=O)C1CN2CCN1CC2. The van der Waals surface area contributed by atoms with Crippen LogP contribution in [0.4, 0.5) is 0 Å². The first-order chi connectivity index (χ1) is 5.81. The van der Waals surface area contributed by atoms with Gasteiger partial charge in [-0.1, -0.05) is 6.58 Å². The molecule has 1 atom stereocenters. The molecule has 0 aliphatic carbocycles. The molecular formula is C9H14N2O. The van der Waals surface area contributed by atoms with Gasteiger partial charge in [0, 0.05) is 32.7 Å². The van der Waals surface area contributed by atoms with Gasteiger partial charge in [0.1, 0.15) is 0 Å². The summed E-state index contributed by atoms with van der Waals surface area (Å²) in [6.07, 6.45) is 1.45. The molecule has 3 saturated heterocycles. The second kappa shape index (κ2) is 2.99. The second-order valence-electron chi connectivity index (χ2n) is 3.46. The van der Waals surface area contributed by atoms with Gasteiger partial charge in [-0.15, -0.1) is 0 Å². The van der Waals surface area contributed by atoms with Crippen molar-refractivity contribution in [2.75, 3.05) is 32.7 Å². The summed E-state index contributed by atoms with van der Waals surface area (Å²) in [7, 11) is 0. The van der Waals surface area contributed by atoms with E-state index < -0.39 is 0 Å². The summed E-state index contributed by atoms with van der Waals surface area (Å²) < 4.78 is 0. The Labute approximate surface area is 72.6 Å². The Hall–Kier alpha value is -0.670. The van der Waals surface area contributed by atoms with Gasteiger partial charge in [0.25, 0.3) is 0 Å². The summed E-state index contributed by atoms with van der Waals surface area (Å²) in [5.74, 6) is 0.180. The Bertz CT molecular complexity index is 207. The lowest BCUT2D eigenvalue weighted by atomic mass is 10.0. The van der Waals surface area contributed by atoms with E-state index in [1.54, 1.807) is 0 Å². The van der Waals surface area contributed by atoms with Crippen molar-refractivity contribution in [1.29, 1.82) is 0 Å². The van der Waals surface area contributed by atoms with Gasteiger partial charge < -0.3 is 0 Å². The van der Waals surface area contributed by atoms with E-state index >= 15 is 0 Å². The lowest BCUT2D eigenvalue weighted by Crippen LogP contribution is -2.63. The molecule has 3 heteroatoms. The standard InChI is InChI=1S/C9H14N2O/c1-2-9(12)8-7-10-3-5-11(8)6-4-10/h2,8H,1,3-7H2. The molecule has 3 aliphatic heterocycles. The van der Waals surface area contributed by atoms with Crippen LogP contribution in [-0.4, -0.2) is 54.3 Å². The predicted octanol–water partition coefficient (Wildman–Crippen LogP) is -0.259. The Kier molecular flexibility index (Phi) is 1.98. The molecule has 3 heterocycles. The van der Waals surface area contributed by atoms with Gasteiger partial charge >= 0.3 is 0 Å². The fourth-order valence-corrected chi connectivity index (χ4v) is 2.02. The van der Waals surface area contributed by atoms with E-state index in [0.717, 1.165) is 32.7 Å². The van der Waals surface area contributed by atoms with Gasteiger partial charge in [0.15, 0.2) is 5.78 Å². The Morgan fingerprint density at radius 2 is 2.00 bits per heavy atom.